The summed E-state index contributed by atoms with van der Waals surface area (Å²) in [6.45, 7) is 2.13. The topological polar surface area (TPSA) is 29.1 Å². The van der Waals surface area contributed by atoms with Crippen molar-refractivity contribution in [2.24, 2.45) is 0 Å². The lowest BCUT2D eigenvalue weighted by Gasteiger charge is -2.17. The monoisotopic (exact) mass is 337 g/mol. The van der Waals surface area contributed by atoms with Crippen LogP contribution < -0.4 is 5.32 Å². The smallest absolute Gasteiger partial charge is 0.252 e. The van der Waals surface area contributed by atoms with Gasteiger partial charge in [-0.15, -0.1) is 11.3 Å². The van der Waals surface area contributed by atoms with Crippen molar-refractivity contribution < 1.29 is 4.79 Å². The van der Waals surface area contributed by atoms with Gasteiger partial charge in [0.2, 0.25) is 0 Å². The van der Waals surface area contributed by atoms with E-state index in [1.54, 1.807) is 11.3 Å². The van der Waals surface area contributed by atoms with Gasteiger partial charge in [0.1, 0.15) is 0 Å². The average Bonchev–Trinajstić information content (AvgIpc) is 2.92. The molecule has 0 fully saturated rings. The molecule has 100 valence electrons. The molecule has 1 N–H and O–H groups in total. The zero-order chi connectivity index (χ0) is 13.7. The number of hydrogen-bond donors (Lipinski definition) is 1. The molecule has 0 bridgehead atoms. The summed E-state index contributed by atoms with van der Waals surface area (Å²) < 4.78 is 0.828. The first-order valence-electron chi connectivity index (χ1n) is 6.31. The standard InChI is InChI=1S/C15H16BrNOS/c1-2-6-13(14-9-5-10-19-14)17-15(18)11-7-3-4-8-12(11)16/h3-5,7-10,13H,2,6H2,1H3,(H,17,18). The number of carbonyl (C=O) groups is 1. The third-order valence-corrected chi connectivity index (χ3v) is 4.57. The van der Waals surface area contributed by atoms with Crippen molar-refractivity contribution in [2.45, 2.75) is 25.8 Å². The number of carbonyl (C=O) groups excluding carboxylic acids is 1. The van der Waals surface area contributed by atoms with E-state index in [1.807, 2.05) is 35.7 Å². The third-order valence-electron chi connectivity index (χ3n) is 2.89. The Bertz CT molecular complexity index is 539. The fourth-order valence-electron chi connectivity index (χ4n) is 1.95. The Morgan fingerprint density at radius 3 is 2.74 bits per heavy atom. The second-order valence-electron chi connectivity index (χ2n) is 4.31. The van der Waals surface area contributed by atoms with E-state index < -0.39 is 0 Å². The first-order chi connectivity index (χ1) is 9.22. The zero-order valence-electron chi connectivity index (χ0n) is 10.7. The summed E-state index contributed by atoms with van der Waals surface area (Å²) in [5.41, 5.74) is 0.681. The predicted octanol–water partition coefficient (Wildman–Crippen LogP) is 4.78. The minimum absolute atomic E-state index is 0.0284. The Kier molecular flexibility index (Phi) is 5.16. The van der Waals surface area contributed by atoms with Crippen LogP contribution in [0.2, 0.25) is 0 Å². The summed E-state index contributed by atoms with van der Waals surface area (Å²) in [6.07, 6.45) is 2.00. The van der Waals surface area contributed by atoms with Crippen LogP contribution in [0.3, 0.4) is 0 Å². The van der Waals surface area contributed by atoms with Crippen molar-refractivity contribution in [3.05, 3.63) is 56.7 Å². The maximum atomic E-state index is 12.3. The summed E-state index contributed by atoms with van der Waals surface area (Å²) in [6, 6.07) is 11.7. The fraction of sp³-hybridized carbons (Fsp3) is 0.267. The van der Waals surface area contributed by atoms with E-state index in [9.17, 15) is 4.79 Å². The summed E-state index contributed by atoms with van der Waals surface area (Å²) in [4.78, 5) is 13.5. The molecule has 0 saturated heterocycles. The molecule has 0 aliphatic rings. The molecule has 0 spiro atoms. The van der Waals surface area contributed by atoms with Crippen molar-refractivity contribution in [1.82, 2.24) is 5.32 Å². The average molecular weight is 338 g/mol. The lowest BCUT2D eigenvalue weighted by Crippen LogP contribution is -2.28. The number of halogens is 1. The van der Waals surface area contributed by atoms with Crippen molar-refractivity contribution in [3.63, 3.8) is 0 Å². The molecule has 2 nitrogen and oxygen atoms in total. The van der Waals surface area contributed by atoms with Gasteiger partial charge in [-0.25, -0.2) is 0 Å². The molecule has 0 radical (unpaired) electrons. The quantitative estimate of drug-likeness (QED) is 0.835. The van der Waals surface area contributed by atoms with Gasteiger partial charge in [0.05, 0.1) is 11.6 Å². The van der Waals surface area contributed by atoms with Crippen LogP contribution in [0, 0.1) is 0 Å². The maximum Gasteiger partial charge on any atom is 0.252 e. The number of amides is 1. The van der Waals surface area contributed by atoms with E-state index in [0.717, 1.165) is 17.3 Å². The van der Waals surface area contributed by atoms with Crippen LogP contribution in [0.1, 0.15) is 41.0 Å². The molecule has 1 heterocycles. The Morgan fingerprint density at radius 2 is 2.11 bits per heavy atom. The van der Waals surface area contributed by atoms with E-state index in [4.69, 9.17) is 0 Å². The molecule has 1 atom stereocenters. The molecular formula is C15H16BrNOS. The number of nitrogens with one attached hydrogen (secondary N) is 1. The Balaban J connectivity index is 2.14. The normalized spacial score (nSPS) is 12.1. The number of thiophene rings is 1. The first-order valence-corrected chi connectivity index (χ1v) is 7.98. The highest BCUT2D eigenvalue weighted by molar-refractivity contribution is 9.10. The van der Waals surface area contributed by atoms with E-state index >= 15 is 0 Å². The molecule has 1 amide bonds. The van der Waals surface area contributed by atoms with Crippen molar-refractivity contribution in [2.75, 3.05) is 0 Å². The van der Waals surface area contributed by atoms with Crippen LogP contribution in [-0.4, -0.2) is 5.91 Å². The summed E-state index contributed by atoms with van der Waals surface area (Å²) in [5, 5.41) is 5.16. The molecule has 0 aliphatic heterocycles. The molecule has 0 saturated carbocycles. The van der Waals surface area contributed by atoms with Crippen LogP contribution in [0.15, 0.2) is 46.3 Å². The summed E-state index contributed by atoms with van der Waals surface area (Å²) in [7, 11) is 0. The van der Waals surface area contributed by atoms with Gasteiger partial charge in [-0.3, -0.25) is 4.79 Å². The van der Waals surface area contributed by atoms with Crippen LogP contribution in [0.4, 0.5) is 0 Å². The van der Waals surface area contributed by atoms with Crippen molar-refractivity contribution in [1.29, 1.82) is 0 Å². The first kappa shape index (κ1) is 14.3. The minimum Gasteiger partial charge on any atom is -0.344 e. The van der Waals surface area contributed by atoms with Crippen molar-refractivity contribution in [3.8, 4) is 0 Å². The van der Waals surface area contributed by atoms with Crippen LogP contribution in [-0.2, 0) is 0 Å². The number of rotatable bonds is 5. The van der Waals surface area contributed by atoms with E-state index in [-0.39, 0.29) is 11.9 Å². The number of hydrogen-bond acceptors (Lipinski definition) is 2. The molecular weight excluding hydrogens is 322 g/mol. The maximum absolute atomic E-state index is 12.3. The largest absolute Gasteiger partial charge is 0.344 e. The van der Waals surface area contributed by atoms with Crippen LogP contribution >= 0.6 is 27.3 Å². The van der Waals surface area contributed by atoms with Gasteiger partial charge < -0.3 is 5.32 Å². The SMILES string of the molecule is CCCC(NC(=O)c1ccccc1Br)c1cccs1. The Hall–Kier alpha value is -1.13. The van der Waals surface area contributed by atoms with Crippen molar-refractivity contribution >= 4 is 33.2 Å². The minimum atomic E-state index is -0.0284. The van der Waals surface area contributed by atoms with Gasteiger partial charge in [-0.1, -0.05) is 31.5 Å². The lowest BCUT2D eigenvalue weighted by molar-refractivity contribution is 0.0934. The molecule has 1 aromatic carbocycles. The molecule has 1 unspecified atom stereocenters. The summed E-state index contributed by atoms with van der Waals surface area (Å²) in [5.74, 6) is -0.0284. The predicted molar refractivity (Wildman–Crippen MR) is 83.6 cm³/mol. The zero-order valence-corrected chi connectivity index (χ0v) is 13.1. The van der Waals surface area contributed by atoms with E-state index in [0.29, 0.717) is 5.56 Å². The second-order valence-corrected chi connectivity index (χ2v) is 6.14. The van der Waals surface area contributed by atoms with Crippen LogP contribution in [0.25, 0.3) is 0 Å². The molecule has 1 aromatic heterocycles. The Morgan fingerprint density at radius 1 is 1.32 bits per heavy atom. The third kappa shape index (κ3) is 3.67. The van der Waals surface area contributed by atoms with Gasteiger partial charge in [-0.2, -0.15) is 0 Å². The molecule has 2 aromatic rings. The van der Waals surface area contributed by atoms with Gasteiger partial charge >= 0.3 is 0 Å². The summed E-state index contributed by atoms with van der Waals surface area (Å²) >= 11 is 5.10. The molecule has 0 aliphatic carbocycles. The fourth-order valence-corrected chi connectivity index (χ4v) is 3.22. The van der Waals surface area contributed by atoms with E-state index in [2.05, 4.69) is 34.2 Å². The van der Waals surface area contributed by atoms with Gasteiger partial charge in [0.25, 0.3) is 5.91 Å². The molecule has 4 heteroatoms. The second kappa shape index (κ2) is 6.87. The Labute approximate surface area is 126 Å². The van der Waals surface area contributed by atoms with Gasteiger partial charge in [0.15, 0.2) is 0 Å². The van der Waals surface area contributed by atoms with E-state index in [1.165, 1.54) is 4.88 Å². The highest BCUT2D eigenvalue weighted by Gasteiger charge is 2.17. The molecule has 2 rings (SSSR count). The highest BCUT2D eigenvalue weighted by atomic mass is 79.9. The van der Waals surface area contributed by atoms with Gasteiger partial charge in [-0.05, 0) is 45.9 Å². The van der Waals surface area contributed by atoms with Gasteiger partial charge in [0, 0.05) is 9.35 Å². The molecule has 19 heavy (non-hydrogen) atoms. The van der Waals surface area contributed by atoms with Crippen LogP contribution in [0.5, 0.6) is 0 Å². The highest BCUT2D eigenvalue weighted by Crippen LogP contribution is 2.24. The lowest BCUT2D eigenvalue weighted by atomic mass is 10.1. The number of benzene rings is 1.